The Balaban J connectivity index is 1.43. The molecule has 1 unspecified atom stereocenters. The van der Waals surface area contributed by atoms with Crippen molar-refractivity contribution >= 4 is 16.6 Å². The first-order valence-electron chi connectivity index (χ1n) is 11.6. The average Bonchev–Trinajstić information content (AvgIpc) is 2.67. The molecule has 1 atom stereocenters. The third-order valence-corrected chi connectivity index (χ3v) is 8.18. The summed E-state index contributed by atoms with van der Waals surface area (Å²) in [6.07, 6.45) is 10.3. The molecule has 4 saturated carbocycles. The monoisotopic (exact) mass is 392 g/mol. The van der Waals surface area contributed by atoms with Crippen LogP contribution in [0.3, 0.4) is 0 Å². The highest BCUT2D eigenvalue weighted by atomic mass is 16.1. The summed E-state index contributed by atoms with van der Waals surface area (Å²) in [6.45, 7) is 3.89. The molecule has 1 aliphatic heterocycles. The normalized spacial score (nSPS) is 35.9. The standard InChI is InChI=1S/C24H32N4O/c1-15-26-20-5-2-6-21(22(20)23(29)28(15)19-4-3-7-25-14-19)27-24-11-16-8-17(12-24)10-18(9-16)13-24/h2,5-6,16-19,25,27H,3-4,7-14H2,1H3. The maximum absolute atomic E-state index is 13.7. The molecule has 5 heteroatoms. The van der Waals surface area contributed by atoms with Crippen molar-refractivity contribution in [2.45, 2.75) is 69.9 Å². The molecule has 5 nitrogen and oxygen atoms in total. The van der Waals surface area contributed by atoms with Crippen molar-refractivity contribution in [3.8, 4) is 0 Å². The van der Waals surface area contributed by atoms with Gasteiger partial charge in [0.1, 0.15) is 5.82 Å². The van der Waals surface area contributed by atoms with Gasteiger partial charge in [0.25, 0.3) is 5.56 Å². The van der Waals surface area contributed by atoms with Gasteiger partial charge in [-0.15, -0.1) is 0 Å². The van der Waals surface area contributed by atoms with Gasteiger partial charge in [0.15, 0.2) is 0 Å². The largest absolute Gasteiger partial charge is 0.379 e. The number of hydrogen-bond acceptors (Lipinski definition) is 4. The van der Waals surface area contributed by atoms with E-state index in [1.807, 2.05) is 17.6 Å². The summed E-state index contributed by atoms with van der Waals surface area (Å²) in [5.41, 5.74) is 2.17. The lowest BCUT2D eigenvalue weighted by atomic mass is 9.53. The smallest absolute Gasteiger partial charge is 0.263 e. The minimum atomic E-state index is 0.133. The minimum Gasteiger partial charge on any atom is -0.379 e. The minimum absolute atomic E-state index is 0.133. The van der Waals surface area contributed by atoms with E-state index in [1.54, 1.807) is 0 Å². The van der Waals surface area contributed by atoms with E-state index in [-0.39, 0.29) is 17.1 Å². The van der Waals surface area contributed by atoms with E-state index >= 15 is 0 Å². The molecule has 0 amide bonds. The van der Waals surface area contributed by atoms with Crippen LogP contribution in [0.25, 0.3) is 10.9 Å². The van der Waals surface area contributed by atoms with E-state index in [0.717, 1.165) is 66.1 Å². The average molecular weight is 393 g/mol. The highest BCUT2D eigenvalue weighted by Crippen LogP contribution is 2.56. The second kappa shape index (κ2) is 6.56. The molecule has 4 aliphatic carbocycles. The first-order valence-corrected chi connectivity index (χ1v) is 11.6. The molecule has 0 spiro atoms. The summed E-state index contributed by atoms with van der Waals surface area (Å²) in [5, 5.41) is 8.19. The van der Waals surface area contributed by atoms with Crippen molar-refractivity contribution in [1.82, 2.24) is 14.9 Å². The Morgan fingerprint density at radius 2 is 1.86 bits per heavy atom. The number of aromatic nitrogens is 2. The summed E-state index contributed by atoms with van der Waals surface area (Å²) in [6, 6.07) is 6.38. The second-order valence-corrected chi connectivity index (χ2v) is 10.4. The Hall–Kier alpha value is -1.88. The Morgan fingerprint density at radius 3 is 2.52 bits per heavy atom. The van der Waals surface area contributed by atoms with Crippen LogP contribution >= 0.6 is 0 Å². The number of benzene rings is 1. The third kappa shape index (κ3) is 2.92. The maximum atomic E-state index is 13.7. The van der Waals surface area contributed by atoms with Gasteiger partial charge in [0.2, 0.25) is 0 Å². The first-order chi connectivity index (χ1) is 14.1. The third-order valence-electron chi connectivity index (χ3n) is 8.18. The molecule has 1 aromatic carbocycles. The summed E-state index contributed by atoms with van der Waals surface area (Å²) < 4.78 is 1.96. The zero-order valence-electron chi connectivity index (χ0n) is 17.4. The van der Waals surface area contributed by atoms with Crippen LogP contribution in [0.5, 0.6) is 0 Å². The van der Waals surface area contributed by atoms with Gasteiger partial charge in [-0.25, -0.2) is 4.98 Å². The number of nitrogens with zero attached hydrogens (tertiary/aromatic N) is 2. The number of nitrogens with one attached hydrogen (secondary N) is 2. The number of hydrogen-bond donors (Lipinski definition) is 2. The van der Waals surface area contributed by atoms with Gasteiger partial charge in [-0.3, -0.25) is 9.36 Å². The van der Waals surface area contributed by atoms with E-state index in [9.17, 15) is 4.79 Å². The van der Waals surface area contributed by atoms with Gasteiger partial charge in [0, 0.05) is 17.8 Å². The Bertz CT molecular complexity index is 969. The Kier molecular flexibility index (Phi) is 4.06. The fourth-order valence-electron chi connectivity index (χ4n) is 7.49. The van der Waals surface area contributed by atoms with E-state index in [0.29, 0.717) is 0 Å². The molecule has 5 fully saturated rings. The van der Waals surface area contributed by atoms with E-state index < -0.39 is 0 Å². The van der Waals surface area contributed by atoms with Crippen molar-refractivity contribution in [2.24, 2.45) is 17.8 Å². The number of rotatable bonds is 3. The van der Waals surface area contributed by atoms with E-state index in [1.165, 1.54) is 38.5 Å². The van der Waals surface area contributed by atoms with Crippen LogP contribution in [0.4, 0.5) is 5.69 Å². The lowest BCUT2D eigenvalue weighted by Gasteiger charge is -2.57. The number of anilines is 1. The highest BCUT2D eigenvalue weighted by molar-refractivity contribution is 5.91. The van der Waals surface area contributed by atoms with Gasteiger partial charge < -0.3 is 10.6 Å². The van der Waals surface area contributed by atoms with Crippen LogP contribution < -0.4 is 16.2 Å². The van der Waals surface area contributed by atoms with Gasteiger partial charge in [-0.1, -0.05) is 6.07 Å². The van der Waals surface area contributed by atoms with Crippen molar-refractivity contribution in [1.29, 1.82) is 0 Å². The first kappa shape index (κ1) is 17.9. The molecule has 2 N–H and O–H groups in total. The van der Waals surface area contributed by atoms with Crippen LogP contribution in [0.2, 0.25) is 0 Å². The lowest BCUT2D eigenvalue weighted by molar-refractivity contribution is 0.0108. The molecular formula is C24H32N4O. The molecule has 7 rings (SSSR count). The summed E-state index contributed by atoms with van der Waals surface area (Å²) >= 11 is 0. The quantitative estimate of drug-likeness (QED) is 0.829. The predicted octanol–water partition coefficient (Wildman–Crippen LogP) is 4.01. The molecule has 2 aromatic rings. The van der Waals surface area contributed by atoms with E-state index in [4.69, 9.17) is 4.98 Å². The van der Waals surface area contributed by atoms with E-state index in [2.05, 4.69) is 22.8 Å². The number of piperidine rings is 1. The van der Waals surface area contributed by atoms with Gasteiger partial charge in [-0.05, 0) is 94.7 Å². The van der Waals surface area contributed by atoms with Crippen molar-refractivity contribution in [3.05, 3.63) is 34.4 Å². The van der Waals surface area contributed by atoms with Gasteiger partial charge in [0.05, 0.1) is 16.9 Å². The SMILES string of the molecule is Cc1nc2cccc(NC34CC5CC(CC(C5)C3)C4)c2c(=O)n1C1CCCNC1. The molecule has 1 saturated heterocycles. The second-order valence-electron chi connectivity index (χ2n) is 10.4. The topological polar surface area (TPSA) is 59.0 Å². The Labute approximate surface area is 172 Å². The zero-order chi connectivity index (χ0) is 19.6. The molecule has 2 heterocycles. The predicted molar refractivity (Wildman–Crippen MR) is 116 cm³/mol. The summed E-state index contributed by atoms with van der Waals surface area (Å²) in [4.78, 5) is 18.6. The highest BCUT2D eigenvalue weighted by Gasteiger charge is 2.51. The lowest BCUT2D eigenvalue weighted by Crippen LogP contribution is -2.54. The van der Waals surface area contributed by atoms with Gasteiger partial charge in [-0.2, -0.15) is 0 Å². The molecule has 5 aliphatic rings. The molecular weight excluding hydrogens is 360 g/mol. The molecule has 154 valence electrons. The summed E-state index contributed by atoms with van der Waals surface area (Å²) in [7, 11) is 0. The van der Waals surface area contributed by atoms with Crippen molar-refractivity contribution < 1.29 is 0 Å². The molecule has 29 heavy (non-hydrogen) atoms. The summed E-state index contributed by atoms with van der Waals surface area (Å²) in [5.74, 6) is 3.49. The van der Waals surface area contributed by atoms with Crippen LogP contribution in [0.15, 0.2) is 23.0 Å². The molecule has 1 aromatic heterocycles. The fourth-order valence-corrected chi connectivity index (χ4v) is 7.49. The zero-order valence-corrected chi connectivity index (χ0v) is 17.4. The van der Waals surface area contributed by atoms with Crippen LogP contribution in [-0.2, 0) is 0 Å². The Morgan fingerprint density at radius 1 is 1.14 bits per heavy atom. The van der Waals surface area contributed by atoms with Gasteiger partial charge >= 0.3 is 0 Å². The molecule has 4 bridgehead atoms. The maximum Gasteiger partial charge on any atom is 0.263 e. The van der Waals surface area contributed by atoms with Crippen LogP contribution in [0, 0.1) is 24.7 Å². The molecule has 0 radical (unpaired) electrons. The fraction of sp³-hybridized carbons (Fsp3) is 0.667. The van der Waals surface area contributed by atoms with Crippen LogP contribution in [0.1, 0.15) is 63.2 Å². The van der Waals surface area contributed by atoms with Crippen LogP contribution in [-0.4, -0.2) is 28.2 Å². The van der Waals surface area contributed by atoms with Crippen molar-refractivity contribution in [2.75, 3.05) is 18.4 Å². The number of aryl methyl sites for hydroxylation is 1. The number of fused-ring (bicyclic) bond motifs is 1. The van der Waals surface area contributed by atoms with Crippen molar-refractivity contribution in [3.63, 3.8) is 0 Å².